The first-order chi connectivity index (χ1) is 14.4. The standard InChI is InChI=1S/C24H36N4O2/c1-15-21(16(2)27-26-15)3-4-22(29)28-7-5-20(6-8-28)23(30)25-24-12-17-9-18(13-24)11-19(10-17)14-24/h17-20H,3-14H2,1-2H3,(H,25,30)(H,26,27). The van der Waals surface area contributed by atoms with E-state index in [0.29, 0.717) is 19.5 Å². The lowest BCUT2D eigenvalue weighted by Gasteiger charge is -2.57. The lowest BCUT2D eigenvalue weighted by Crippen LogP contribution is -2.61. The molecular formula is C24H36N4O2. The van der Waals surface area contributed by atoms with Crippen LogP contribution in [0.2, 0.25) is 0 Å². The van der Waals surface area contributed by atoms with Gasteiger partial charge in [0.2, 0.25) is 11.8 Å². The molecule has 4 saturated carbocycles. The van der Waals surface area contributed by atoms with Gasteiger partial charge in [0.1, 0.15) is 0 Å². The van der Waals surface area contributed by atoms with Gasteiger partial charge < -0.3 is 10.2 Å². The number of piperidine rings is 1. The highest BCUT2D eigenvalue weighted by Gasteiger charge is 2.51. The van der Waals surface area contributed by atoms with Crippen molar-refractivity contribution in [3.63, 3.8) is 0 Å². The van der Waals surface area contributed by atoms with E-state index in [1.165, 1.54) is 38.5 Å². The number of carbonyl (C=O) groups excluding carboxylic acids is 2. The molecule has 1 aromatic heterocycles. The van der Waals surface area contributed by atoms with Gasteiger partial charge in [-0.25, -0.2) is 0 Å². The molecule has 30 heavy (non-hydrogen) atoms. The van der Waals surface area contributed by atoms with E-state index in [9.17, 15) is 9.59 Å². The van der Waals surface area contributed by atoms with Crippen LogP contribution in [0.15, 0.2) is 0 Å². The fourth-order valence-electron chi connectivity index (χ4n) is 7.35. The summed E-state index contributed by atoms with van der Waals surface area (Å²) in [7, 11) is 0. The van der Waals surface area contributed by atoms with Crippen LogP contribution in [0.25, 0.3) is 0 Å². The number of hydrogen-bond donors (Lipinski definition) is 2. The van der Waals surface area contributed by atoms with Gasteiger partial charge in [0.25, 0.3) is 0 Å². The largest absolute Gasteiger partial charge is 0.350 e. The van der Waals surface area contributed by atoms with Crippen LogP contribution in [0.5, 0.6) is 0 Å². The van der Waals surface area contributed by atoms with Crippen molar-refractivity contribution in [3.05, 3.63) is 17.0 Å². The van der Waals surface area contributed by atoms with E-state index in [2.05, 4.69) is 15.5 Å². The summed E-state index contributed by atoms with van der Waals surface area (Å²) < 4.78 is 0. The van der Waals surface area contributed by atoms with E-state index < -0.39 is 0 Å². The van der Waals surface area contributed by atoms with Gasteiger partial charge in [0.05, 0.1) is 5.69 Å². The first-order valence-electron chi connectivity index (χ1n) is 12.0. The van der Waals surface area contributed by atoms with Crippen molar-refractivity contribution >= 4 is 11.8 Å². The monoisotopic (exact) mass is 412 g/mol. The third-order valence-corrected chi connectivity index (χ3v) is 8.51. The number of aryl methyl sites for hydroxylation is 2. The van der Waals surface area contributed by atoms with Gasteiger partial charge in [-0.1, -0.05) is 0 Å². The summed E-state index contributed by atoms with van der Waals surface area (Å²) in [6.07, 6.45) is 10.7. The Kier molecular flexibility index (Phi) is 5.14. The number of amides is 2. The average molecular weight is 413 g/mol. The maximum Gasteiger partial charge on any atom is 0.223 e. The third kappa shape index (κ3) is 3.78. The molecule has 6 nitrogen and oxygen atoms in total. The maximum atomic E-state index is 13.1. The summed E-state index contributed by atoms with van der Waals surface area (Å²) >= 11 is 0. The average Bonchev–Trinajstić information content (AvgIpc) is 3.02. The number of nitrogens with one attached hydrogen (secondary N) is 2. The van der Waals surface area contributed by atoms with Crippen molar-refractivity contribution in [1.29, 1.82) is 0 Å². The highest BCUT2D eigenvalue weighted by molar-refractivity contribution is 5.81. The number of rotatable bonds is 5. The molecule has 6 rings (SSSR count). The zero-order valence-electron chi connectivity index (χ0n) is 18.5. The minimum atomic E-state index is 0.0698. The van der Waals surface area contributed by atoms with Gasteiger partial charge >= 0.3 is 0 Å². The Morgan fingerprint density at radius 1 is 1.07 bits per heavy atom. The summed E-state index contributed by atoms with van der Waals surface area (Å²) in [6, 6.07) is 0. The van der Waals surface area contributed by atoms with Crippen LogP contribution in [0.1, 0.15) is 74.7 Å². The van der Waals surface area contributed by atoms with E-state index in [-0.39, 0.29) is 23.3 Å². The molecule has 2 heterocycles. The highest BCUT2D eigenvalue weighted by atomic mass is 16.2. The predicted octanol–water partition coefficient (Wildman–Crippen LogP) is 3.28. The summed E-state index contributed by atoms with van der Waals surface area (Å²) in [5.41, 5.74) is 3.30. The Balaban J connectivity index is 1.11. The van der Waals surface area contributed by atoms with Crippen LogP contribution < -0.4 is 5.32 Å². The molecule has 1 saturated heterocycles. The molecular weight excluding hydrogens is 376 g/mol. The third-order valence-electron chi connectivity index (χ3n) is 8.51. The molecule has 0 radical (unpaired) electrons. The van der Waals surface area contributed by atoms with Crippen molar-refractivity contribution in [2.45, 2.75) is 83.6 Å². The van der Waals surface area contributed by atoms with E-state index in [1.54, 1.807) is 0 Å². The summed E-state index contributed by atoms with van der Waals surface area (Å²) in [4.78, 5) is 27.7. The van der Waals surface area contributed by atoms with E-state index in [4.69, 9.17) is 0 Å². The normalized spacial score (nSPS) is 33.1. The number of hydrogen-bond acceptors (Lipinski definition) is 3. The molecule has 0 spiro atoms. The molecule has 6 heteroatoms. The molecule has 0 unspecified atom stereocenters. The molecule has 4 bridgehead atoms. The Morgan fingerprint density at radius 3 is 2.20 bits per heavy atom. The van der Waals surface area contributed by atoms with Crippen molar-refractivity contribution in [3.8, 4) is 0 Å². The fourth-order valence-corrected chi connectivity index (χ4v) is 7.35. The minimum absolute atomic E-state index is 0.0698. The summed E-state index contributed by atoms with van der Waals surface area (Å²) in [6.45, 7) is 5.41. The second kappa shape index (κ2) is 7.69. The number of nitrogens with zero attached hydrogens (tertiary/aromatic N) is 2. The Bertz CT molecular complexity index is 766. The lowest BCUT2D eigenvalue weighted by molar-refractivity contribution is -0.137. The molecule has 1 aromatic rings. The summed E-state index contributed by atoms with van der Waals surface area (Å²) in [5.74, 6) is 3.07. The van der Waals surface area contributed by atoms with Crippen molar-refractivity contribution < 1.29 is 9.59 Å². The van der Waals surface area contributed by atoms with Crippen LogP contribution in [-0.2, 0) is 16.0 Å². The first-order valence-corrected chi connectivity index (χ1v) is 12.0. The maximum absolute atomic E-state index is 13.1. The smallest absolute Gasteiger partial charge is 0.223 e. The van der Waals surface area contributed by atoms with Crippen LogP contribution >= 0.6 is 0 Å². The van der Waals surface area contributed by atoms with E-state index in [1.807, 2.05) is 18.7 Å². The Labute approximate surface area is 179 Å². The number of H-pyrrole nitrogens is 1. The van der Waals surface area contributed by atoms with Gasteiger partial charge in [0, 0.05) is 36.7 Å². The molecule has 5 fully saturated rings. The topological polar surface area (TPSA) is 78.1 Å². The lowest BCUT2D eigenvalue weighted by atomic mass is 9.53. The number of likely N-dealkylation sites (tertiary alicyclic amines) is 1. The molecule has 2 amide bonds. The second-order valence-corrected chi connectivity index (χ2v) is 10.8. The van der Waals surface area contributed by atoms with Crippen LogP contribution in [0.4, 0.5) is 0 Å². The van der Waals surface area contributed by atoms with Crippen LogP contribution in [0.3, 0.4) is 0 Å². The van der Waals surface area contributed by atoms with Gasteiger partial charge in [-0.3, -0.25) is 14.7 Å². The fraction of sp³-hybridized carbons (Fsp3) is 0.792. The highest BCUT2D eigenvalue weighted by Crippen LogP contribution is 2.55. The molecule has 0 atom stereocenters. The van der Waals surface area contributed by atoms with Gasteiger partial charge in [-0.2, -0.15) is 5.10 Å². The van der Waals surface area contributed by atoms with E-state index >= 15 is 0 Å². The Morgan fingerprint density at radius 2 is 1.67 bits per heavy atom. The zero-order valence-corrected chi connectivity index (χ0v) is 18.5. The van der Waals surface area contributed by atoms with Gasteiger partial charge in [0.15, 0.2) is 0 Å². The zero-order chi connectivity index (χ0) is 20.9. The second-order valence-electron chi connectivity index (χ2n) is 10.8. The molecule has 4 aliphatic carbocycles. The van der Waals surface area contributed by atoms with Gasteiger partial charge in [-0.15, -0.1) is 0 Å². The van der Waals surface area contributed by atoms with Crippen molar-refractivity contribution in [2.24, 2.45) is 23.7 Å². The molecule has 0 aromatic carbocycles. The number of aromatic nitrogens is 2. The number of carbonyl (C=O) groups is 2. The van der Waals surface area contributed by atoms with Gasteiger partial charge in [-0.05, 0) is 95.0 Å². The molecule has 164 valence electrons. The predicted molar refractivity (Wildman–Crippen MR) is 115 cm³/mol. The quantitative estimate of drug-likeness (QED) is 0.779. The number of aromatic amines is 1. The summed E-state index contributed by atoms with van der Waals surface area (Å²) in [5, 5.41) is 10.8. The van der Waals surface area contributed by atoms with Crippen molar-refractivity contribution in [1.82, 2.24) is 20.4 Å². The SMILES string of the molecule is Cc1n[nH]c(C)c1CCC(=O)N1CCC(C(=O)NC23CC4CC(CC(C4)C2)C3)CC1. The first kappa shape index (κ1) is 20.1. The molecule has 2 N–H and O–H groups in total. The van der Waals surface area contributed by atoms with Crippen LogP contribution in [0, 0.1) is 37.5 Å². The van der Waals surface area contributed by atoms with Crippen LogP contribution in [-0.4, -0.2) is 45.5 Å². The Hall–Kier alpha value is -1.85. The minimum Gasteiger partial charge on any atom is -0.350 e. The van der Waals surface area contributed by atoms with Crippen molar-refractivity contribution in [2.75, 3.05) is 13.1 Å². The van der Waals surface area contributed by atoms with E-state index in [0.717, 1.165) is 54.0 Å². The molecule has 5 aliphatic rings. The molecule has 1 aliphatic heterocycles.